The molecule has 1 amide bonds. The molecule has 25 heavy (non-hydrogen) atoms. The molecule has 0 bridgehead atoms. The first kappa shape index (κ1) is 19.5. The SMILES string of the molecule is O=C(O)CCCCN1C(=O)/C(=C\c2cccc(C(F)(F)F)c2)SC1=S. The molecule has 2 rings (SSSR count). The Morgan fingerprint density at radius 3 is 2.68 bits per heavy atom. The summed E-state index contributed by atoms with van der Waals surface area (Å²) in [5.41, 5.74) is -0.522. The maximum Gasteiger partial charge on any atom is 0.416 e. The van der Waals surface area contributed by atoms with E-state index >= 15 is 0 Å². The van der Waals surface area contributed by atoms with E-state index in [4.69, 9.17) is 17.3 Å². The normalized spacial score (nSPS) is 16.8. The van der Waals surface area contributed by atoms with Crippen molar-refractivity contribution in [2.75, 3.05) is 6.54 Å². The lowest BCUT2D eigenvalue weighted by Gasteiger charge is -2.13. The van der Waals surface area contributed by atoms with E-state index in [9.17, 15) is 22.8 Å². The molecule has 1 fully saturated rings. The van der Waals surface area contributed by atoms with Gasteiger partial charge in [0.2, 0.25) is 0 Å². The van der Waals surface area contributed by atoms with E-state index in [-0.39, 0.29) is 29.3 Å². The standard InChI is InChI=1S/C16H14F3NO3S2/c17-16(18,19)11-5-3-4-10(8-11)9-12-14(23)20(15(24)25-12)7-2-1-6-13(21)22/h3-5,8-9H,1-2,6-7H2,(H,21,22)/b12-9+. The van der Waals surface area contributed by atoms with E-state index in [1.165, 1.54) is 23.1 Å². The highest BCUT2D eigenvalue weighted by Crippen LogP contribution is 2.34. The van der Waals surface area contributed by atoms with Crippen LogP contribution in [0.25, 0.3) is 6.08 Å². The number of nitrogens with zero attached hydrogens (tertiary/aromatic N) is 1. The summed E-state index contributed by atoms with van der Waals surface area (Å²) in [6, 6.07) is 4.69. The first-order valence-electron chi connectivity index (χ1n) is 7.33. The number of hydrogen-bond acceptors (Lipinski definition) is 4. The molecule has 1 aliphatic rings. The van der Waals surface area contributed by atoms with Crippen LogP contribution in [0.15, 0.2) is 29.2 Å². The van der Waals surface area contributed by atoms with Crippen LogP contribution < -0.4 is 0 Å². The second kappa shape index (κ2) is 8.01. The van der Waals surface area contributed by atoms with Gasteiger partial charge in [-0.05, 0) is 36.6 Å². The maximum atomic E-state index is 12.7. The predicted octanol–water partition coefficient (Wildman–Crippen LogP) is 4.16. The van der Waals surface area contributed by atoms with Gasteiger partial charge in [0, 0.05) is 13.0 Å². The van der Waals surface area contributed by atoms with Crippen molar-refractivity contribution < 1.29 is 27.9 Å². The highest BCUT2D eigenvalue weighted by molar-refractivity contribution is 8.26. The number of amides is 1. The lowest BCUT2D eigenvalue weighted by molar-refractivity contribution is -0.138. The molecule has 134 valence electrons. The number of alkyl halides is 3. The van der Waals surface area contributed by atoms with Gasteiger partial charge in [0.15, 0.2) is 0 Å². The molecular weight excluding hydrogens is 375 g/mol. The number of unbranched alkanes of at least 4 members (excludes halogenated alkanes) is 1. The van der Waals surface area contributed by atoms with E-state index in [0.717, 1.165) is 23.9 Å². The van der Waals surface area contributed by atoms with Crippen molar-refractivity contribution >= 4 is 46.3 Å². The minimum Gasteiger partial charge on any atom is -0.481 e. The van der Waals surface area contributed by atoms with Gasteiger partial charge < -0.3 is 5.11 Å². The first-order valence-corrected chi connectivity index (χ1v) is 8.55. The molecule has 0 unspecified atom stereocenters. The molecule has 1 aromatic carbocycles. The average molecular weight is 389 g/mol. The number of carbonyl (C=O) groups is 2. The van der Waals surface area contributed by atoms with Crippen LogP contribution in [0.1, 0.15) is 30.4 Å². The third-order valence-corrected chi connectivity index (χ3v) is 4.79. The number of carbonyl (C=O) groups excluding carboxylic acids is 1. The van der Waals surface area contributed by atoms with Crippen LogP contribution in [0.4, 0.5) is 13.2 Å². The van der Waals surface area contributed by atoms with Crippen molar-refractivity contribution in [3.8, 4) is 0 Å². The van der Waals surface area contributed by atoms with Gasteiger partial charge in [-0.15, -0.1) is 0 Å². The Bertz CT molecular complexity index is 732. The monoisotopic (exact) mass is 389 g/mol. The van der Waals surface area contributed by atoms with Crippen LogP contribution in [0, 0.1) is 0 Å². The Kier molecular flexibility index (Phi) is 6.23. The molecule has 9 heteroatoms. The summed E-state index contributed by atoms with van der Waals surface area (Å²) in [5, 5.41) is 8.60. The molecule has 4 nitrogen and oxygen atoms in total. The Balaban J connectivity index is 2.08. The topological polar surface area (TPSA) is 57.6 Å². The second-order valence-electron chi connectivity index (χ2n) is 5.31. The Hall–Kier alpha value is -1.87. The molecule has 0 atom stereocenters. The highest BCUT2D eigenvalue weighted by atomic mass is 32.2. The summed E-state index contributed by atoms with van der Waals surface area (Å²) in [5.74, 6) is -1.28. The van der Waals surface area contributed by atoms with Crippen molar-refractivity contribution in [1.82, 2.24) is 4.90 Å². The molecular formula is C16H14F3NO3S2. The van der Waals surface area contributed by atoms with Gasteiger partial charge in [-0.3, -0.25) is 14.5 Å². The number of benzene rings is 1. The van der Waals surface area contributed by atoms with Gasteiger partial charge in [0.1, 0.15) is 4.32 Å². The lowest BCUT2D eigenvalue weighted by Crippen LogP contribution is -2.29. The zero-order valence-corrected chi connectivity index (χ0v) is 14.5. The minimum absolute atomic E-state index is 0.00880. The number of halogens is 3. The average Bonchev–Trinajstić information content (AvgIpc) is 2.77. The van der Waals surface area contributed by atoms with Crippen LogP contribution in [0.5, 0.6) is 0 Å². The van der Waals surface area contributed by atoms with Crippen molar-refractivity contribution in [2.24, 2.45) is 0 Å². The van der Waals surface area contributed by atoms with Gasteiger partial charge in [-0.25, -0.2) is 0 Å². The van der Waals surface area contributed by atoms with Crippen molar-refractivity contribution in [1.29, 1.82) is 0 Å². The number of thioether (sulfide) groups is 1. The van der Waals surface area contributed by atoms with Crippen LogP contribution in [-0.2, 0) is 15.8 Å². The highest BCUT2D eigenvalue weighted by Gasteiger charge is 2.32. The maximum absolute atomic E-state index is 12.7. The van der Waals surface area contributed by atoms with Gasteiger partial charge in [-0.2, -0.15) is 13.2 Å². The quantitative estimate of drug-likeness (QED) is 0.450. The summed E-state index contributed by atoms with van der Waals surface area (Å²) < 4.78 is 38.6. The number of aliphatic carboxylic acids is 1. The fourth-order valence-electron chi connectivity index (χ4n) is 2.20. The summed E-state index contributed by atoms with van der Waals surface area (Å²) in [6.45, 7) is 0.290. The number of rotatable bonds is 6. The molecule has 0 radical (unpaired) electrons. The van der Waals surface area contributed by atoms with E-state index in [1.54, 1.807) is 0 Å². The van der Waals surface area contributed by atoms with Crippen LogP contribution in [0.2, 0.25) is 0 Å². The third-order valence-electron chi connectivity index (χ3n) is 3.41. The third kappa shape index (κ3) is 5.30. The number of carboxylic acids is 1. The molecule has 1 aliphatic heterocycles. The second-order valence-corrected chi connectivity index (χ2v) is 6.98. The molecule has 1 N–H and O–H groups in total. The molecule has 0 aliphatic carbocycles. The van der Waals surface area contributed by atoms with Gasteiger partial charge in [0.25, 0.3) is 5.91 Å². The van der Waals surface area contributed by atoms with Crippen molar-refractivity contribution in [2.45, 2.75) is 25.4 Å². The van der Waals surface area contributed by atoms with Crippen molar-refractivity contribution in [3.63, 3.8) is 0 Å². The lowest BCUT2D eigenvalue weighted by atomic mass is 10.1. The number of hydrogen-bond donors (Lipinski definition) is 1. The Labute approximate surface area is 151 Å². The minimum atomic E-state index is -4.45. The van der Waals surface area contributed by atoms with E-state index in [2.05, 4.69) is 0 Å². The summed E-state index contributed by atoms with van der Waals surface area (Å²) in [4.78, 5) is 24.4. The van der Waals surface area contributed by atoms with Gasteiger partial charge in [-0.1, -0.05) is 36.1 Å². The van der Waals surface area contributed by atoms with Crippen molar-refractivity contribution in [3.05, 3.63) is 40.3 Å². The van der Waals surface area contributed by atoms with Gasteiger partial charge in [0.05, 0.1) is 10.5 Å². The van der Waals surface area contributed by atoms with Gasteiger partial charge >= 0.3 is 12.1 Å². The van der Waals surface area contributed by atoms with Crippen LogP contribution >= 0.6 is 24.0 Å². The fourth-order valence-corrected chi connectivity index (χ4v) is 3.50. The molecule has 1 aromatic rings. The van der Waals surface area contributed by atoms with E-state index < -0.39 is 17.7 Å². The molecule has 0 aromatic heterocycles. The fraction of sp³-hybridized carbons (Fsp3) is 0.312. The summed E-state index contributed by atoms with van der Waals surface area (Å²) in [7, 11) is 0. The summed E-state index contributed by atoms with van der Waals surface area (Å²) >= 11 is 6.15. The summed E-state index contributed by atoms with van der Waals surface area (Å²) in [6.07, 6.45) is -2.16. The van der Waals surface area contributed by atoms with Crippen LogP contribution in [-0.4, -0.2) is 32.7 Å². The largest absolute Gasteiger partial charge is 0.481 e. The van der Waals surface area contributed by atoms with E-state index in [0.29, 0.717) is 17.2 Å². The first-order chi connectivity index (χ1) is 11.7. The van der Waals surface area contributed by atoms with E-state index in [1.807, 2.05) is 0 Å². The zero-order chi connectivity index (χ0) is 18.6. The molecule has 1 saturated heterocycles. The predicted molar refractivity (Wildman–Crippen MR) is 92.8 cm³/mol. The number of carboxylic acid groups (broad SMARTS) is 1. The Morgan fingerprint density at radius 1 is 1.32 bits per heavy atom. The Morgan fingerprint density at radius 2 is 2.04 bits per heavy atom. The number of thiocarbonyl (C=S) groups is 1. The molecule has 1 heterocycles. The molecule has 0 spiro atoms. The smallest absolute Gasteiger partial charge is 0.416 e. The zero-order valence-electron chi connectivity index (χ0n) is 12.9. The molecule has 0 saturated carbocycles. The van der Waals surface area contributed by atoms with Crippen LogP contribution in [0.3, 0.4) is 0 Å².